The number of oxazole rings is 1. The average molecular weight is 347 g/mol. The minimum atomic E-state index is 0.468. The summed E-state index contributed by atoms with van der Waals surface area (Å²) < 4.78 is 5.97. The zero-order chi connectivity index (χ0) is 17.9. The molecule has 1 aliphatic rings. The second kappa shape index (κ2) is 7.34. The number of benzene rings is 2. The molecular weight excluding hydrogens is 322 g/mol. The summed E-state index contributed by atoms with van der Waals surface area (Å²) in [4.78, 5) is 9.39. The highest BCUT2D eigenvalue weighted by atomic mass is 16.4. The standard InChI is InChI=1S/C22H25N3O/c1-17-8-10-20(11-9-17)25-13-12-24(15-18(25)2)16-22-23-14-21(26-22)19-6-4-3-5-7-19/h3-11,14,18H,12-13,15-16H2,1-2H3. The summed E-state index contributed by atoms with van der Waals surface area (Å²) in [6, 6.07) is 19.4. The van der Waals surface area contributed by atoms with E-state index < -0.39 is 0 Å². The molecule has 2 heterocycles. The lowest BCUT2D eigenvalue weighted by molar-refractivity contribution is 0.202. The molecule has 1 atom stereocenters. The quantitative estimate of drug-likeness (QED) is 0.702. The third-order valence-corrected chi connectivity index (χ3v) is 5.05. The molecule has 1 aliphatic heterocycles. The van der Waals surface area contributed by atoms with Crippen molar-refractivity contribution in [3.63, 3.8) is 0 Å². The number of piperazine rings is 1. The van der Waals surface area contributed by atoms with Gasteiger partial charge in [-0.2, -0.15) is 0 Å². The summed E-state index contributed by atoms with van der Waals surface area (Å²) >= 11 is 0. The van der Waals surface area contributed by atoms with Crippen molar-refractivity contribution < 1.29 is 4.42 Å². The monoisotopic (exact) mass is 347 g/mol. The molecule has 0 aliphatic carbocycles. The Morgan fingerprint density at radius 3 is 2.54 bits per heavy atom. The molecule has 4 heteroatoms. The number of hydrogen-bond acceptors (Lipinski definition) is 4. The Balaban J connectivity index is 1.39. The van der Waals surface area contributed by atoms with E-state index >= 15 is 0 Å². The third kappa shape index (κ3) is 3.65. The van der Waals surface area contributed by atoms with Crippen LogP contribution in [0.2, 0.25) is 0 Å². The molecular formula is C22H25N3O. The SMILES string of the molecule is Cc1ccc(N2CCN(Cc3ncc(-c4ccccc4)o3)CC2C)cc1. The Hall–Kier alpha value is -2.59. The van der Waals surface area contributed by atoms with Gasteiger partial charge in [0, 0.05) is 36.9 Å². The largest absolute Gasteiger partial charge is 0.439 e. The van der Waals surface area contributed by atoms with Gasteiger partial charge in [-0.15, -0.1) is 0 Å². The zero-order valence-electron chi connectivity index (χ0n) is 15.4. The maximum absolute atomic E-state index is 5.97. The predicted octanol–water partition coefficient (Wildman–Crippen LogP) is 4.36. The first-order valence-corrected chi connectivity index (χ1v) is 9.25. The van der Waals surface area contributed by atoms with Gasteiger partial charge in [-0.25, -0.2) is 4.98 Å². The molecule has 134 valence electrons. The van der Waals surface area contributed by atoms with Crippen molar-refractivity contribution in [3.05, 3.63) is 72.2 Å². The molecule has 26 heavy (non-hydrogen) atoms. The number of anilines is 1. The minimum Gasteiger partial charge on any atom is -0.439 e. The molecule has 2 aromatic carbocycles. The average Bonchev–Trinajstić information content (AvgIpc) is 3.12. The van der Waals surface area contributed by atoms with Crippen LogP contribution in [0, 0.1) is 6.92 Å². The van der Waals surface area contributed by atoms with Gasteiger partial charge < -0.3 is 9.32 Å². The molecule has 4 nitrogen and oxygen atoms in total. The number of aromatic nitrogens is 1. The van der Waals surface area contributed by atoms with E-state index in [1.807, 2.05) is 36.5 Å². The van der Waals surface area contributed by atoms with Crippen molar-refractivity contribution in [2.75, 3.05) is 24.5 Å². The van der Waals surface area contributed by atoms with Gasteiger partial charge in [0.25, 0.3) is 0 Å². The van der Waals surface area contributed by atoms with E-state index in [1.54, 1.807) is 0 Å². The molecule has 0 spiro atoms. The second-order valence-corrected chi connectivity index (χ2v) is 7.10. The fourth-order valence-corrected chi connectivity index (χ4v) is 3.61. The smallest absolute Gasteiger partial charge is 0.209 e. The minimum absolute atomic E-state index is 0.468. The molecule has 1 aromatic heterocycles. The summed E-state index contributed by atoms with van der Waals surface area (Å²) in [5, 5.41) is 0. The highest BCUT2D eigenvalue weighted by molar-refractivity contribution is 5.55. The van der Waals surface area contributed by atoms with Crippen molar-refractivity contribution in [2.24, 2.45) is 0 Å². The van der Waals surface area contributed by atoms with E-state index in [9.17, 15) is 0 Å². The van der Waals surface area contributed by atoms with Crippen LogP contribution in [0.15, 0.2) is 65.2 Å². The van der Waals surface area contributed by atoms with Gasteiger partial charge in [0.15, 0.2) is 5.76 Å². The highest BCUT2D eigenvalue weighted by Crippen LogP contribution is 2.23. The van der Waals surface area contributed by atoms with Crippen LogP contribution in [0.5, 0.6) is 0 Å². The van der Waals surface area contributed by atoms with E-state index in [-0.39, 0.29) is 0 Å². The normalized spacial score (nSPS) is 18.2. The van der Waals surface area contributed by atoms with Crippen molar-refractivity contribution in [2.45, 2.75) is 26.4 Å². The van der Waals surface area contributed by atoms with Crippen LogP contribution in [-0.4, -0.2) is 35.6 Å². The van der Waals surface area contributed by atoms with Crippen molar-refractivity contribution >= 4 is 5.69 Å². The third-order valence-electron chi connectivity index (χ3n) is 5.05. The molecule has 1 fully saturated rings. The summed E-state index contributed by atoms with van der Waals surface area (Å²) in [6.45, 7) is 8.23. The first-order chi connectivity index (χ1) is 12.7. The van der Waals surface area contributed by atoms with Crippen molar-refractivity contribution in [1.29, 1.82) is 0 Å². The molecule has 1 unspecified atom stereocenters. The van der Waals surface area contributed by atoms with Gasteiger partial charge in [0.1, 0.15) is 0 Å². The van der Waals surface area contributed by atoms with Crippen LogP contribution in [0.25, 0.3) is 11.3 Å². The van der Waals surface area contributed by atoms with Gasteiger partial charge in [-0.05, 0) is 26.0 Å². The number of aryl methyl sites for hydroxylation is 1. The van der Waals surface area contributed by atoms with E-state index in [2.05, 4.69) is 52.9 Å². The Kier molecular flexibility index (Phi) is 4.76. The summed E-state index contributed by atoms with van der Waals surface area (Å²) in [7, 11) is 0. The van der Waals surface area contributed by atoms with Crippen LogP contribution in [0.3, 0.4) is 0 Å². The molecule has 0 bridgehead atoms. The van der Waals surface area contributed by atoms with Crippen LogP contribution in [-0.2, 0) is 6.54 Å². The first kappa shape index (κ1) is 16.9. The van der Waals surface area contributed by atoms with Crippen LogP contribution in [0.4, 0.5) is 5.69 Å². The molecule has 0 N–H and O–H groups in total. The lowest BCUT2D eigenvalue weighted by Gasteiger charge is -2.41. The van der Waals surface area contributed by atoms with E-state index in [4.69, 9.17) is 4.42 Å². The van der Waals surface area contributed by atoms with Crippen LogP contribution >= 0.6 is 0 Å². The van der Waals surface area contributed by atoms with Gasteiger partial charge in [-0.3, -0.25) is 4.90 Å². The van der Waals surface area contributed by atoms with E-state index in [1.165, 1.54) is 11.3 Å². The maximum Gasteiger partial charge on any atom is 0.209 e. The number of nitrogens with zero attached hydrogens (tertiary/aromatic N) is 3. The molecule has 0 amide bonds. The van der Waals surface area contributed by atoms with Crippen LogP contribution < -0.4 is 4.90 Å². The first-order valence-electron chi connectivity index (χ1n) is 9.25. The fraction of sp³-hybridized carbons (Fsp3) is 0.318. The van der Waals surface area contributed by atoms with Gasteiger partial charge >= 0.3 is 0 Å². The molecule has 0 radical (unpaired) electrons. The summed E-state index contributed by atoms with van der Waals surface area (Å²) in [6.07, 6.45) is 1.83. The predicted molar refractivity (Wildman–Crippen MR) is 105 cm³/mol. The number of rotatable bonds is 4. The Labute approximate surface area is 155 Å². The van der Waals surface area contributed by atoms with Crippen molar-refractivity contribution in [3.8, 4) is 11.3 Å². The van der Waals surface area contributed by atoms with Crippen molar-refractivity contribution in [1.82, 2.24) is 9.88 Å². The Morgan fingerprint density at radius 2 is 1.81 bits per heavy atom. The molecule has 1 saturated heterocycles. The van der Waals surface area contributed by atoms with Gasteiger partial charge in [0.05, 0.1) is 12.7 Å². The van der Waals surface area contributed by atoms with Crippen LogP contribution in [0.1, 0.15) is 18.4 Å². The second-order valence-electron chi connectivity index (χ2n) is 7.10. The van der Waals surface area contributed by atoms with Gasteiger partial charge in [-0.1, -0.05) is 48.0 Å². The summed E-state index contributed by atoms with van der Waals surface area (Å²) in [5.74, 6) is 1.63. The Morgan fingerprint density at radius 1 is 1.04 bits per heavy atom. The van der Waals surface area contributed by atoms with E-state index in [0.29, 0.717) is 6.04 Å². The van der Waals surface area contributed by atoms with E-state index in [0.717, 1.165) is 43.4 Å². The Bertz CT molecular complexity index is 841. The lowest BCUT2D eigenvalue weighted by atomic mass is 10.1. The lowest BCUT2D eigenvalue weighted by Crippen LogP contribution is -2.51. The molecule has 3 aromatic rings. The summed E-state index contributed by atoms with van der Waals surface area (Å²) in [5.41, 5.74) is 3.69. The molecule has 4 rings (SSSR count). The fourth-order valence-electron chi connectivity index (χ4n) is 3.61. The van der Waals surface area contributed by atoms with Gasteiger partial charge in [0.2, 0.25) is 5.89 Å². The number of hydrogen-bond donors (Lipinski definition) is 0. The zero-order valence-corrected chi connectivity index (χ0v) is 15.4. The highest BCUT2D eigenvalue weighted by Gasteiger charge is 2.24. The maximum atomic E-state index is 5.97. The topological polar surface area (TPSA) is 32.5 Å². The molecule has 0 saturated carbocycles.